The highest BCUT2D eigenvalue weighted by molar-refractivity contribution is 6.12. The van der Waals surface area contributed by atoms with Crippen LogP contribution in [0.5, 0.6) is 0 Å². The van der Waals surface area contributed by atoms with Gasteiger partial charge in [0.2, 0.25) is 0 Å². The van der Waals surface area contributed by atoms with E-state index in [0.717, 1.165) is 7.05 Å². The summed E-state index contributed by atoms with van der Waals surface area (Å²) in [6.45, 7) is 5.45. The van der Waals surface area contributed by atoms with E-state index >= 15 is 0 Å². The Bertz CT molecular complexity index is 666. The third-order valence-electron chi connectivity index (χ3n) is 2.58. The number of hydrogen-bond donors (Lipinski definition) is 1. The molecule has 2 aromatic carbocycles. The van der Waals surface area contributed by atoms with Crippen molar-refractivity contribution in [2.24, 2.45) is 0 Å². The molecule has 0 heterocycles. The van der Waals surface area contributed by atoms with E-state index in [1.165, 1.54) is 6.92 Å². The molecule has 2 aromatic rings. The van der Waals surface area contributed by atoms with Gasteiger partial charge in [-0.25, -0.2) is 0 Å². The average Bonchev–Trinajstić information content (AvgIpc) is 2.57. The molecular formula is C18H22N2O4. The van der Waals surface area contributed by atoms with Crippen LogP contribution in [-0.2, 0) is 0 Å². The number of carbonyl (C=O) groups is 2. The Morgan fingerprint density at radius 1 is 0.917 bits per heavy atom. The summed E-state index contributed by atoms with van der Waals surface area (Å²) in [5.41, 5.74) is 1.54. The minimum absolute atomic E-state index is 0.117. The Balaban J connectivity index is 0.000000773. The first kappa shape index (κ1) is 21.0. The molecule has 0 aliphatic rings. The summed E-state index contributed by atoms with van der Waals surface area (Å²) in [6.07, 6.45) is 0. The number of nitrogens with zero attached hydrogens (tertiary/aromatic N) is 1. The number of para-hydroxylation sites is 1. The first-order valence-electron chi connectivity index (χ1n) is 7.46. The summed E-state index contributed by atoms with van der Waals surface area (Å²) < 4.78 is 0. The zero-order valence-electron chi connectivity index (χ0n) is 14.3. The van der Waals surface area contributed by atoms with E-state index in [1.807, 2.05) is 32.0 Å². The van der Waals surface area contributed by atoms with Crippen molar-refractivity contribution in [2.45, 2.75) is 20.8 Å². The predicted octanol–water partition coefficient (Wildman–Crippen LogP) is 4.06. The number of rotatable bonds is 3. The largest absolute Gasteiger partial charge is 0.322 e. The number of nitrogens with one attached hydrogen (secondary N) is 1. The van der Waals surface area contributed by atoms with Gasteiger partial charge in [0.15, 0.2) is 12.8 Å². The fourth-order valence-electron chi connectivity index (χ4n) is 1.71. The van der Waals surface area contributed by atoms with Crippen LogP contribution >= 0.6 is 0 Å². The maximum Gasteiger partial charge on any atom is 0.256 e. The second kappa shape index (κ2) is 11.5. The van der Waals surface area contributed by atoms with Crippen LogP contribution in [-0.4, -0.2) is 23.7 Å². The van der Waals surface area contributed by atoms with Crippen molar-refractivity contribution in [3.63, 3.8) is 0 Å². The molecular weight excluding hydrogens is 308 g/mol. The van der Waals surface area contributed by atoms with Crippen LogP contribution in [0.25, 0.3) is 0 Å². The SMILES string of the molecule is CC.CC(=O)c1ccccc1C(=O)Nc1ccccc1.C[N+](=O)[O-]. The van der Waals surface area contributed by atoms with Crippen LogP contribution in [0.2, 0.25) is 0 Å². The molecule has 1 amide bonds. The van der Waals surface area contributed by atoms with Crippen LogP contribution in [0.1, 0.15) is 41.5 Å². The van der Waals surface area contributed by atoms with Crippen molar-refractivity contribution in [3.05, 3.63) is 75.8 Å². The summed E-state index contributed by atoms with van der Waals surface area (Å²) in [5.74, 6) is -0.388. The molecule has 128 valence electrons. The van der Waals surface area contributed by atoms with Gasteiger partial charge < -0.3 is 5.32 Å². The predicted molar refractivity (Wildman–Crippen MR) is 95.1 cm³/mol. The molecule has 1 N–H and O–H groups in total. The topological polar surface area (TPSA) is 89.3 Å². The zero-order valence-corrected chi connectivity index (χ0v) is 14.3. The van der Waals surface area contributed by atoms with Gasteiger partial charge in [-0.3, -0.25) is 19.7 Å². The van der Waals surface area contributed by atoms with Gasteiger partial charge >= 0.3 is 0 Å². The second-order valence-electron chi connectivity index (χ2n) is 4.36. The number of carbonyl (C=O) groups excluding carboxylic acids is 2. The molecule has 0 fully saturated rings. The maximum absolute atomic E-state index is 12.1. The molecule has 0 aliphatic heterocycles. The van der Waals surface area contributed by atoms with Crippen LogP contribution in [0.4, 0.5) is 5.69 Å². The monoisotopic (exact) mass is 330 g/mol. The maximum atomic E-state index is 12.1. The number of amides is 1. The van der Waals surface area contributed by atoms with Gasteiger partial charge in [-0.1, -0.05) is 50.2 Å². The lowest BCUT2D eigenvalue weighted by molar-refractivity contribution is -0.445. The molecule has 0 unspecified atom stereocenters. The van der Waals surface area contributed by atoms with E-state index in [-0.39, 0.29) is 11.7 Å². The van der Waals surface area contributed by atoms with E-state index in [4.69, 9.17) is 10.1 Å². The Morgan fingerprint density at radius 3 is 1.79 bits per heavy atom. The Labute approximate surface area is 141 Å². The quantitative estimate of drug-likeness (QED) is 0.522. The van der Waals surface area contributed by atoms with Crippen molar-refractivity contribution >= 4 is 17.4 Å². The van der Waals surface area contributed by atoms with E-state index in [9.17, 15) is 9.59 Å². The van der Waals surface area contributed by atoms with Crippen LogP contribution in [0, 0.1) is 10.1 Å². The van der Waals surface area contributed by atoms with E-state index < -0.39 is 4.92 Å². The molecule has 0 bridgehead atoms. The molecule has 0 saturated carbocycles. The van der Waals surface area contributed by atoms with Crippen molar-refractivity contribution < 1.29 is 14.5 Å². The fraction of sp³-hybridized carbons (Fsp3) is 0.222. The van der Waals surface area contributed by atoms with Gasteiger partial charge in [0.1, 0.15) is 0 Å². The smallest absolute Gasteiger partial charge is 0.256 e. The van der Waals surface area contributed by atoms with Crippen molar-refractivity contribution in [2.75, 3.05) is 12.4 Å². The molecule has 24 heavy (non-hydrogen) atoms. The highest BCUT2D eigenvalue weighted by atomic mass is 16.6. The number of anilines is 1. The lowest BCUT2D eigenvalue weighted by atomic mass is 10.0. The number of nitro groups is 1. The average molecular weight is 330 g/mol. The van der Waals surface area contributed by atoms with Crippen LogP contribution < -0.4 is 5.32 Å². The Morgan fingerprint density at radius 2 is 1.33 bits per heavy atom. The molecule has 0 saturated heterocycles. The normalized spacial score (nSPS) is 8.67. The van der Waals surface area contributed by atoms with Gasteiger partial charge in [-0.05, 0) is 25.1 Å². The van der Waals surface area contributed by atoms with Crippen molar-refractivity contribution in [1.29, 1.82) is 0 Å². The van der Waals surface area contributed by atoms with Crippen molar-refractivity contribution in [1.82, 2.24) is 0 Å². The van der Waals surface area contributed by atoms with Gasteiger partial charge in [-0.2, -0.15) is 0 Å². The summed E-state index contributed by atoms with van der Waals surface area (Å²) in [7, 11) is 0.889. The van der Waals surface area contributed by atoms with Gasteiger partial charge in [0, 0.05) is 16.2 Å². The minimum atomic E-state index is -0.500. The van der Waals surface area contributed by atoms with Crippen LogP contribution in [0.3, 0.4) is 0 Å². The summed E-state index contributed by atoms with van der Waals surface area (Å²) in [4.78, 5) is 31.8. The fourth-order valence-corrected chi connectivity index (χ4v) is 1.71. The summed E-state index contributed by atoms with van der Waals surface area (Å²) >= 11 is 0. The number of ketones is 1. The van der Waals surface area contributed by atoms with Crippen LogP contribution in [0.15, 0.2) is 54.6 Å². The third kappa shape index (κ3) is 7.84. The van der Waals surface area contributed by atoms with Crippen molar-refractivity contribution in [3.8, 4) is 0 Å². The van der Waals surface area contributed by atoms with E-state index in [0.29, 0.717) is 16.8 Å². The first-order valence-corrected chi connectivity index (χ1v) is 7.46. The molecule has 0 aliphatic carbocycles. The molecule has 2 rings (SSSR count). The Hall–Kier alpha value is -3.02. The molecule has 6 heteroatoms. The highest BCUT2D eigenvalue weighted by Crippen LogP contribution is 2.13. The minimum Gasteiger partial charge on any atom is -0.322 e. The third-order valence-corrected chi connectivity index (χ3v) is 2.58. The number of Topliss-reactive ketones (excluding diaryl/α,β-unsaturated/α-hetero) is 1. The molecule has 0 aromatic heterocycles. The molecule has 0 radical (unpaired) electrons. The van der Waals surface area contributed by atoms with Gasteiger partial charge in [0.05, 0.1) is 5.56 Å². The van der Waals surface area contributed by atoms with Gasteiger partial charge in [-0.15, -0.1) is 0 Å². The van der Waals surface area contributed by atoms with E-state index in [1.54, 1.807) is 36.4 Å². The first-order chi connectivity index (χ1) is 11.4. The lowest BCUT2D eigenvalue weighted by Gasteiger charge is -2.07. The summed E-state index contributed by atoms with van der Waals surface area (Å²) in [5, 5.41) is 11.6. The van der Waals surface area contributed by atoms with E-state index in [2.05, 4.69) is 5.32 Å². The second-order valence-corrected chi connectivity index (χ2v) is 4.36. The standard InChI is InChI=1S/C15H13NO2.C2H6.CH3NO2/c1-11(17)13-9-5-6-10-14(13)15(18)16-12-7-3-2-4-8-12;1-2;1-2(3)4/h2-10H,1H3,(H,16,18);1-2H3;1H3. The number of hydrogen-bond acceptors (Lipinski definition) is 4. The lowest BCUT2D eigenvalue weighted by Crippen LogP contribution is -2.15. The van der Waals surface area contributed by atoms with Gasteiger partial charge in [0.25, 0.3) is 5.91 Å². The molecule has 0 atom stereocenters. The number of benzene rings is 2. The molecule has 0 spiro atoms. The zero-order chi connectivity index (χ0) is 18.5. The molecule has 6 nitrogen and oxygen atoms in total. The summed E-state index contributed by atoms with van der Waals surface area (Å²) in [6, 6.07) is 15.9. The Kier molecular flexibility index (Phi) is 10.1. The highest BCUT2D eigenvalue weighted by Gasteiger charge is 2.13.